The maximum atomic E-state index is 4.56. The van der Waals surface area contributed by atoms with Crippen molar-refractivity contribution in [1.29, 1.82) is 0 Å². The van der Waals surface area contributed by atoms with Crippen molar-refractivity contribution in [3.8, 4) is 0 Å². The van der Waals surface area contributed by atoms with Crippen LogP contribution in [0.3, 0.4) is 0 Å². The SMILES string of the molecule is Cc1ccc(Nc2nc(C)cc(NCCCN(C)C)n2)c(C)c1. The number of nitrogens with zero attached hydrogens (tertiary/aromatic N) is 3. The first-order valence-corrected chi connectivity index (χ1v) is 8.02. The minimum Gasteiger partial charge on any atom is -0.370 e. The molecule has 0 unspecified atom stereocenters. The Balaban J connectivity index is 2.04. The lowest BCUT2D eigenvalue weighted by Gasteiger charge is -2.13. The van der Waals surface area contributed by atoms with Crippen LogP contribution >= 0.6 is 0 Å². The van der Waals surface area contributed by atoms with Crippen LogP contribution in [0.15, 0.2) is 24.3 Å². The summed E-state index contributed by atoms with van der Waals surface area (Å²) in [4.78, 5) is 11.2. The van der Waals surface area contributed by atoms with E-state index in [9.17, 15) is 0 Å². The third-order valence-corrected chi connectivity index (χ3v) is 3.57. The number of aryl methyl sites for hydroxylation is 3. The van der Waals surface area contributed by atoms with E-state index < -0.39 is 0 Å². The quantitative estimate of drug-likeness (QED) is 0.766. The molecule has 5 nitrogen and oxygen atoms in total. The maximum absolute atomic E-state index is 4.56. The number of benzene rings is 1. The summed E-state index contributed by atoms with van der Waals surface area (Å²) < 4.78 is 0. The monoisotopic (exact) mass is 313 g/mol. The highest BCUT2D eigenvalue weighted by Crippen LogP contribution is 2.20. The van der Waals surface area contributed by atoms with Crippen molar-refractivity contribution in [2.24, 2.45) is 0 Å². The molecule has 2 rings (SSSR count). The molecule has 0 amide bonds. The number of nitrogens with one attached hydrogen (secondary N) is 2. The lowest BCUT2D eigenvalue weighted by molar-refractivity contribution is 0.405. The average molecular weight is 313 g/mol. The van der Waals surface area contributed by atoms with Crippen LogP contribution < -0.4 is 10.6 Å². The zero-order chi connectivity index (χ0) is 16.8. The first kappa shape index (κ1) is 17.2. The summed E-state index contributed by atoms with van der Waals surface area (Å²) >= 11 is 0. The van der Waals surface area contributed by atoms with Gasteiger partial charge in [0.1, 0.15) is 5.82 Å². The van der Waals surface area contributed by atoms with Crippen LogP contribution in [-0.4, -0.2) is 42.1 Å². The molecule has 0 atom stereocenters. The second-order valence-corrected chi connectivity index (χ2v) is 6.25. The Labute approximate surface area is 139 Å². The number of hydrogen-bond acceptors (Lipinski definition) is 5. The molecule has 0 aliphatic heterocycles. The van der Waals surface area contributed by atoms with Gasteiger partial charge in [-0.05, 0) is 59.5 Å². The Bertz CT molecular complexity index is 652. The van der Waals surface area contributed by atoms with Crippen LogP contribution in [0.4, 0.5) is 17.5 Å². The van der Waals surface area contributed by atoms with Gasteiger partial charge in [0.05, 0.1) is 0 Å². The largest absolute Gasteiger partial charge is 0.370 e. The molecular formula is C18H27N5. The molecule has 5 heteroatoms. The van der Waals surface area contributed by atoms with Crippen LogP contribution in [0.1, 0.15) is 23.2 Å². The van der Waals surface area contributed by atoms with Crippen molar-refractivity contribution in [1.82, 2.24) is 14.9 Å². The topological polar surface area (TPSA) is 53.1 Å². The molecule has 124 valence electrons. The molecular weight excluding hydrogens is 286 g/mol. The molecule has 1 aromatic carbocycles. The third kappa shape index (κ3) is 5.53. The van der Waals surface area contributed by atoms with Gasteiger partial charge >= 0.3 is 0 Å². The van der Waals surface area contributed by atoms with E-state index in [-0.39, 0.29) is 0 Å². The highest BCUT2D eigenvalue weighted by Gasteiger charge is 2.05. The number of aromatic nitrogens is 2. The summed E-state index contributed by atoms with van der Waals surface area (Å²) in [5, 5.41) is 6.69. The second kappa shape index (κ2) is 7.92. The predicted octanol–water partition coefficient (Wildman–Crippen LogP) is 3.51. The minimum atomic E-state index is 0.632. The molecule has 0 saturated heterocycles. The van der Waals surface area contributed by atoms with Crippen molar-refractivity contribution in [2.75, 3.05) is 37.8 Å². The van der Waals surface area contributed by atoms with Crippen molar-refractivity contribution >= 4 is 17.5 Å². The van der Waals surface area contributed by atoms with Crippen molar-refractivity contribution in [3.05, 3.63) is 41.1 Å². The number of hydrogen-bond donors (Lipinski definition) is 2. The highest BCUT2D eigenvalue weighted by atomic mass is 15.1. The standard InChI is InChI=1S/C18H27N5/c1-13-7-8-16(14(2)11-13)21-18-20-15(3)12-17(22-18)19-9-6-10-23(4)5/h7-8,11-12H,6,9-10H2,1-5H3,(H2,19,20,21,22). The molecule has 0 bridgehead atoms. The van der Waals surface area contributed by atoms with E-state index in [1.165, 1.54) is 11.1 Å². The Morgan fingerprint density at radius 1 is 1.04 bits per heavy atom. The fourth-order valence-corrected chi connectivity index (χ4v) is 2.40. The predicted molar refractivity (Wildman–Crippen MR) is 97.6 cm³/mol. The molecule has 2 N–H and O–H groups in total. The zero-order valence-electron chi connectivity index (χ0n) is 14.8. The molecule has 0 radical (unpaired) electrons. The summed E-state index contributed by atoms with van der Waals surface area (Å²) in [7, 11) is 4.17. The molecule has 2 aromatic rings. The Morgan fingerprint density at radius 3 is 2.52 bits per heavy atom. The van der Waals surface area contributed by atoms with Gasteiger partial charge in [0, 0.05) is 24.0 Å². The van der Waals surface area contributed by atoms with Gasteiger partial charge in [0.15, 0.2) is 0 Å². The molecule has 1 aromatic heterocycles. The van der Waals surface area contributed by atoms with Gasteiger partial charge in [0.25, 0.3) is 0 Å². The van der Waals surface area contributed by atoms with Crippen LogP contribution in [0.5, 0.6) is 0 Å². The van der Waals surface area contributed by atoms with E-state index in [0.717, 1.165) is 36.7 Å². The Kier molecular flexibility index (Phi) is 5.93. The van der Waals surface area contributed by atoms with Gasteiger partial charge in [-0.2, -0.15) is 4.98 Å². The van der Waals surface area contributed by atoms with E-state index in [4.69, 9.17) is 0 Å². The normalized spacial score (nSPS) is 10.9. The molecule has 0 spiro atoms. The number of anilines is 3. The Hall–Kier alpha value is -2.14. The average Bonchev–Trinajstić information content (AvgIpc) is 2.46. The molecule has 0 fully saturated rings. The third-order valence-electron chi connectivity index (χ3n) is 3.57. The van der Waals surface area contributed by atoms with E-state index in [2.05, 4.69) is 71.6 Å². The van der Waals surface area contributed by atoms with Gasteiger partial charge in [-0.15, -0.1) is 0 Å². The molecule has 0 saturated carbocycles. The summed E-state index contributed by atoms with van der Waals surface area (Å²) in [5.74, 6) is 1.50. The lowest BCUT2D eigenvalue weighted by Crippen LogP contribution is -2.17. The van der Waals surface area contributed by atoms with E-state index in [0.29, 0.717) is 5.95 Å². The maximum Gasteiger partial charge on any atom is 0.229 e. The summed E-state index contributed by atoms with van der Waals surface area (Å²) in [6, 6.07) is 8.29. The second-order valence-electron chi connectivity index (χ2n) is 6.25. The van der Waals surface area contributed by atoms with E-state index in [1.807, 2.05) is 13.0 Å². The lowest BCUT2D eigenvalue weighted by atomic mass is 10.1. The fraction of sp³-hybridized carbons (Fsp3) is 0.444. The highest BCUT2D eigenvalue weighted by molar-refractivity contribution is 5.60. The van der Waals surface area contributed by atoms with Crippen LogP contribution in [0.2, 0.25) is 0 Å². The molecule has 0 aliphatic rings. The van der Waals surface area contributed by atoms with Crippen LogP contribution in [-0.2, 0) is 0 Å². The van der Waals surface area contributed by atoms with E-state index in [1.54, 1.807) is 0 Å². The van der Waals surface area contributed by atoms with Gasteiger partial charge in [-0.1, -0.05) is 17.7 Å². The smallest absolute Gasteiger partial charge is 0.229 e. The summed E-state index contributed by atoms with van der Waals surface area (Å²) in [6.07, 6.45) is 1.08. The Morgan fingerprint density at radius 2 is 1.83 bits per heavy atom. The van der Waals surface area contributed by atoms with Crippen molar-refractivity contribution in [2.45, 2.75) is 27.2 Å². The van der Waals surface area contributed by atoms with E-state index >= 15 is 0 Å². The zero-order valence-corrected chi connectivity index (χ0v) is 14.8. The van der Waals surface area contributed by atoms with Crippen molar-refractivity contribution in [3.63, 3.8) is 0 Å². The van der Waals surface area contributed by atoms with Crippen LogP contribution in [0, 0.1) is 20.8 Å². The van der Waals surface area contributed by atoms with Gasteiger partial charge < -0.3 is 15.5 Å². The van der Waals surface area contributed by atoms with Crippen LogP contribution in [0.25, 0.3) is 0 Å². The van der Waals surface area contributed by atoms with Gasteiger partial charge in [-0.3, -0.25) is 0 Å². The molecule has 23 heavy (non-hydrogen) atoms. The van der Waals surface area contributed by atoms with Crippen molar-refractivity contribution < 1.29 is 0 Å². The molecule has 1 heterocycles. The molecule has 0 aliphatic carbocycles. The minimum absolute atomic E-state index is 0.632. The number of rotatable bonds is 7. The first-order chi connectivity index (χ1) is 10.9. The summed E-state index contributed by atoms with van der Waals surface area (Å²) in [5.41, 5.74) is 4.43. The fourth-order valence-electron chi connectivity index (χ4n) is 2.40. The van der Waals surface area contributed by atoms with Gasteiger partial charge in [-0.25, -0.2) is 4.98 Å². The van der Waals surface area contributed by atoms with Gasteiger partial charge in [0.2, 0.25) is 5.95 Å². The first-order valence-electron chi connectivity index (χ1n) is 8.02. The summed E-state index contributed by atoms with van der Waals surface area (Å²) in [6.45, 7) is 8.13.